The van der Waals surface area contributed by atoms with Crippen molar-refractivity contribution in [2.75, 3.05) is 18.1 Å². The maximum absolute atomic E-state index is 14.4. The van der Waals surface area contributed by atoms with Crippen LogP contribution in [0.15, 0.2) is 116 Å². The Bertz CT molecular complexity index is 1820. The molecule has 2 atom stereocenters. The topological polar surface area (TPSA) is 38.2 Å². The highest BCUT2D eigenvalue weighted by Crippen LogP contribution is 2.52. The Morgan fingerprint density at radius 1 is 0.796 bits per heavy atom. The third-order valence-corrected chi connectivity index (χ3v) is 11.0. The van der Waals surface area contributed by atoms with E-state index in [-0.39, 0.29) is 30.1 Å². The van der Waals surface area contributed by atoms with E-state index in [1.165, 1.54) is 16.7 Å². The summed E-state index contributed by atoms with van der Waals surface area (Å²) in [5.74, 6) is 0.602. The normalized spacial score (nSPS) is 16.3. The second-order valence-corrected chi connectivity index (χ2v) is 19.5. The second-order valence-electron chi connectivity index (χ2n) is 13.2. The lowest BCUT2D eigenvalue weighted by atomic mass is 9.84. The molecule has 5 aromatic rings. The van der Waals surface area contributed by atoms with Gasteiger partial charge in [0.05, 0.1) is 29.6 Å². The molecule has 1 fully saturated rings. The van der Waals surface area contributed by atoms with E-state index in [0.29, 0.717) is 18.6 Å². The molecule has 0 amide bonds. The number of thioether (sulfide) groups is 1. The first-order chi connectivity index (χ1) is 23.6. The van der Waals surface area contributed by atoms with E-state index in [0.717, 1.165) is 18.1 Å². The summed E-state index contributed by atoms with van der Waals surface area (Å²) in [5.41, 5.74) is 7.58. The minimum Gasteiger partial charge on any atom is -0.375 e. The van der Waals surface area contributed by atoms with Crippen molar-refractivity contribution in [3.8, 4) is 11.5 Å². The van der Waals surface area contributed by atoms with Gasteiger partial charge < -0.3 is 9.64 Å². The molecule has 1 aliphatic rings. The number of aromatic nitrogens is 2. The average molecular weight is 694 g/mol. The lowest BCUT2D eigenvalue weighted by Crippen LogP contribution is -2.35. The zero-order chi connectivity index (χ0) is 34.4. The lowest BCUT2D eigenvalue weighted by Gasteiger charge is -2.37. The van der Waals surface area contributed by atoms with Crippen LogP contribution in [-0.4, -0.2) is 42.5 Å². The Labute approximate surface area is 291 Å². The van der Waals surface area contributed by atoms with Gasteiger partial charge in [-0.1, -0.05) is 117 Å². The summed E-state index contributed by atoms with van der Waals surface area (Å²) in [6, 6.07) is 32.9. The van der Waals surface area contributed by atoms with Gasteiger partial charge in [0.15, 0.2) is 11.6 Å². The molecular weight excluding hydrogens is 656 g/mol. The van der Waals surface area contributed by atoms with Crippen molar-refractivity contribution < 1.29 is 17.9 Å². The van der Waals surface area contributed by atoms with Crippen molar-refractivity contribution in [1.29, 1.82) is 0 Å². The van der Waals surface area contributed by atoms with Crippen LogP contribution in [0, 0.1) is 28.9 Å². The maximum Gasteiger partial charge on any atom is 0.225 e. The molecule has 4 aromatic carbocycles. The Hall–Kier alpha value is -4.36. The quantitative estimate of drug-likeness (QED) is 0.0632. The fraction of sp³-hybridized carbons (Fsp3) is 0.250. The molecule has 6 rings (SSSR count). The van der Waals surface area contributed by atoms with Crippen LogP contribution in [0.1, 0.15) is 34.2 Å². The molecule has 0 saturated carbocycles. The van der Waals surface area contributed by atoms with Crippen LogP contribution in [0.3, 0.4) is 0 Å². The van der Waals surface area contributed by atoms with Crippen molar-refractivity contribution in [3.05, 3.63) is 161 Å². The summed E-state index contributed by atoms with van der Waals surface area (Å²) >= 11 is 1.89. The van der Waals surface area contributed by atoms with E-state index in [4.69, 9.17) is 14.7 Å². The average Bonchev–Trinajstić information content (AvgIpc) is 3.51. The van der Waals surface area contributed by atoms with E-state index >= 15 is 0 Å². The molecule has 49 heavy (non-hydrogen) atoms. The van der Waals surface area contributed by atoms with Gasteiger partial charge in [-0.15, -0.1) is 17.3 Å². The molecule has 1 aliphatic heterocycles. The Morgan fingerprint density at radius 2 is 1.33 bits per heavy atom. The van der Waals surface area contributed by atoms with E-state index in [1.807, 2.05) is 30.0 Å². The largest absolute Gasteiger partial charge is 0.375 e. The number of anilines is 1. The number of hydrogen-bond donors (Lipinski definition) is 0. The smallest absolute Gasteiger partial charge is 0.225 e. The molecule has 0 bridgehead atoms. The van der Waals surface area contributed by atoms with Gasteiger partial charge in [-0.3, -0.25) is 0 Å². The van der Waals surface area contributed by atoms with Crippen LogP contribution >= 0.6 is 11.8 Å². The van der Waals surface area contributed by atoms with Crippen molar-refractivity contribution in [1.82, 2.24) is 9.97 Å². The summed E-state index contributed by atoms with van der Waals surface area (Å²) in [6.07, 6.45) is 4.24. The third-order valence-electron chi connectivity index (χ3n) is 8.39. The number of ether oxygens (including phenoxy) is 1. The fourth-order valence-corrected chi connectivity index (χ4v) is 8.50. The van der Waals surface area contributed by atoms with Gasteiger partial charge in [-0.25, -0.2) is 23.1 Å². The third kappa shape index (κ3) is 8.10. The van der Waals surface area contributed by atoms with Crippen molar-refractivity contribution >= 4 is 25.8 Å². The van der Waals surface area contributed by atoms with Crippen LogP contribution in [-0.2, 0) is 16.1 Å². The molecule has 0 aliphatic carbocycles. The fourth-order valence-electron chi connectivity index (χ4n) is 6.11. The molecule has 1 saturated heterocycles. The molecule has 2 heterocycles. The number of halogens is 3. The number of hydrogen-bond acceptors (Lipinski definition) is 5. The summed E-state index contributed by atoms with van der Waals surface area (Å²) in [4.78, 5) is 11.6. The highest BCUT2D eigenvalue weighted by atomic mass is 32.2. The van der Waals surface area contributed by atoms with Gasteiger partial charge in [0, 0.05) is 35.8 Å². The van der Waals surface area contributed by atoms with Crippen molar-refractivity contribution in [2.45, 2.75) is 48.7 Å². The monoisotopic (exact) mass is 693 g/mol. The van der Waals surface area contributed by atoms with Gasteiger partial charge >= 0.3 is 0 Å². The van der Waals surface area contributed by atoms with Crippen LogP contribution in [0.4, 0.5) is 19.1 Å². The molecular formula is C40H38F3N3OSSi. The second kappa shape index (κ2) is 15.0. The zero-order valence-electron chi connectivity index (χ0n) is 27.7. The molecule has 0 N–H and O–H groups in total. The first-order valence-corrected chi connectivity index (χ1v) is 20.7. The molecule has 0 spiro atoms. The van der Waals surface area contributed by atoms with E-state index in [9.17, 15) is 13.2 Å². The van der Waals surface area contributed by atoms with Gasteiger partial charge in [0.2, 0.25) is 5.95 Å². The summed E-state index contributed by atoms with van der Waals surface area (Å²) in [7, 11) is -1.58. The maximum atomic E-state index is 14.4. The van der Waals surface area contributed by atoms with Crippen LogP contribution < -0.4 is 4.90 Å². The van der Waals surface area contributed by atoms with Gasteiger partial charge in [-0.2, -0.15) is 0 Å². The predicted molar refractivity (Wildman–Crippen MR) is 195 cm³/mol. The molecule has 250 valence electrons. The molecule has 4 nitrogen and oxygen atoms in total. The summed E-state index contributed by atoms with van der Waals surface area (Å²) < 4.78 is 47.4. The first kappa shape index (κ1) is 34.5. The SMILES string of the molecule is C[Si](C)(C)C#Cc1cnc(N2CC(SC(c3ccccc3)(c3ccccc3)c3ccccc3)CC2COCc2cc(F)c(F)cc2F)nc1. The predicted octanol–water partition coefficient (Wildman–Crippen LogP) is 9.01. The standard InChI is InChI=1S/C40H38F3N3OSSi/c1-49(2,3)20-19-29-24-44-39(45-25-29)46-26-35(22-34(46)28-47-27-30-21-37(42)38(43)23-36(30)41)48-40(31-13-7-4-8-14-31,32-15-9-5-10-16-32)33-17-11-6-12-18-33/h4-18,21,23-25,34-35H,22,26-28H2,1-3H3. The lowest BCUT2D eigenvalue weighted by molar-refractivity contribution is 0.106. The van der Waals surface area contributed by atoms with Crippen molar-refractivity contribution in [2.24, 2.45) is 0 Å². The van der Waals surface area contributed by atoms with E-state index < -0.39 is 30.3 Å². The Kier molecular flexibility index (Phi) is 10.6. The number of benzene rings is 4. The number of nitrogens with zero attached hydrogens (tertiary/aromatic N) is 3. The Balaban J connectivity index is 1.34. The summed E-state index contributed by atoms with van der Waals surface area (Å²) in [6.45, 7) is 7.22. The molecule has 0 radical (unpaired) electrons. The molecule has 1 aromatic heterocycles. The van der Waals surface area contributed by atoms with E-state index in [1.54, 1.807) is 12.4 Å². The van der Waals surface area contributed by atoms with E-state index in [2.05, 4.69) is 109 Å². The Morgan fingerprint density at radius 3 is 1.86 bits per heavy atom. The highest BCUT2D eigenvalue weighted by molar-refractivity contribution is 8.01. The van der Waals surface area contributed by atoms with Gasteiger partial charge in [0.1, 0.15) is 13.9 Å². The minimum absolute atomic E-state index is 0.0350. The molecule has 2 unspecified atom stereocenters. The van der Waals surface area contributed by atoms with Crippen LogP contribution in [0.25, 0.3) is 0 Å². The highest BCUT2D eigenvalue weighted by Gasteiger charge is 2.43. The van der Waals surface area contributed by atoms with Gasteiger partial charge in [-0.05, 0) is 29.2 Å². The van der Waals surface area contributed by atoms with Crippen molar-refractivity contribution in [3.63, 3.8) is 0 Å². The molecule has 9 heteroatoms. The minimum atomic E-state index is -1.58. The zero-order valence-corrected chi connectivity index (χ0v) is 29.6. The van der Waals surface area contributed by atoms with Crippen LogP contribution in [0.2, 0.25) is 19.6 Å². The van der Waals surface area contributed by atoms with Gasteiger partial charge in [0.25, 0.3) is 0 Å². The first-order valence-electron chi connectivity index (χ1n) is 16.3. The summed E-state index contributed by atoms with van der Waals surface area (Å²) in [5, 5.41) is 0.101. The number of rotatable bonds is 10. The van der Waals surface area contributed by atoms with Crippen LogP contribution in [0.5, 0.6) is 0 Å².